The van der Waals surface area contributed by atoms with Gasteiger partial charge in [0, 0.05) is 22.1 Å². The Morgan fingerprint density at radius 2 is 1.79 bits per heavy atom. The molecule has 4 rings (SSSR count). The van der Waals surface area contributed by atoms with E-state index in [4.69, 9.17) is 0 Å². The number of rotatable bonds is 3. The van der Waals surface area contributed by atoms with Crippen LogP contribution in [0.15, 0.2) is 60.2 Å². The Bertz CT molecular complexity index is 1120. The normalized spacial score (nSPS) is 12.6. The second-order valence-corrected chi connectivity index (χ2v) is 6.77. The average Bonchev–Trinajstić information content (AvgIpc) is 3.17. The van der Waals surface area contributed by atoms with Gasteiger partial charge in [-0.05, 0) is 37.5 Å². The van der Waals surface area contributed by atoms with E-state index in [2.05, 4.69) is 9.69 Å². The predicted molar refractivity (Wildman–Crippen MR) is 117 cm³/mol. The molecule has 3 aromatic rings. The molecule has 5 heteroatoms. The molecule has 0 saturated heterocycles. The van der Waals surface area contributed by atoms with Crippen molar-refractivity contribution in [2.24, 2.45) is 0 Å². The summed E-state index contributed by atoms with van der Waals surface area (Å²) in [6.07, 6.45) is 5.30. The van der Waals surface area contributed by atoms with Crippen LogP contribution in [0.4, 0.5) is 5.69 Å². The van der Waals surface area contributed by atoms with Gasteiger partial charge in [0.05, 0.1) is 21.6 Å². The van der Waals surface area contributed by atoms with Crippen molar-refractivity contribution in [3.8, 4) is 11.3 Å². The topological polar surface area (TPSA) is 59.1 Å². The number of allylic oxidation sites excluding steroid dienone is 2. The van der Waals surface area contributed by atoms with E-state index in [1.54, 1.807) is 18.2 Å². The van der Waals surface area contributed by atoms with Gasteiger partial charge in [-0.15, -0.1) is 0 Å². The van der Waals surface area contributed by atoms with Crippen molar-refractivity contribution in [3.05, 3.63) is 71.3 Å². The van der Waals surface area contributed by atoms with E-state index in [9.17, 15) is 9.59 Å². The third-order valence-electron chi connectivity index (χ3n) is 4.46. The summed E-state index contributed by atoms with van der Waals surface area (Å²) in [5, 5.41) is 3.72. The summed E-state index contributed by atoms with van der Waals surface area (Å²) in [5.41, 5.74) is 3.87. The number of ketones is 1. The van der Waals surface area contributed by atoms with Crippen LogP contribution in [0.2, 0.25) is 0 Å². The van der Waals surface area contributed by atoms with Crippen molar-refractivity contribution >= 4 is 39.0 Å². The van der Waals surface area contributed by atoms with Gasteiger partial charge in [0.25, 0.3) is 5.91 Å². The van der Waals surface area contributed by atoms with Gasteiger partial charge in [0.15, 0.2) is 5.78 Å². The Morgan fingerprint density at radius 3 is 2.46 bits per heavy atom. The fourth-order valence-electron chi connectivity index (χ4n) is 3.26. The van der Waals surface area contributed by atoms with Crippen LogP contribution < -0.4 is 5.32 Å². The first-order valence-corrected chi connectivity index (χ1v) is 10.1. The molecule has 0 atom stereocenters. The van der Waals surface area contributed by atoms with Crippen molar-refractivity contribution in [3.63, 3.8) is 0 Å². The summed E-state index contributed by atoms with van der Waals surface area (Å²) in [6.45, 7) is 7.67. The lowest BCUT2D eigenvalue weighted by Gasteiger charge is -2.18. The highest BCUT2D eigenvalue weighted by Crippen LogP contribution is 2.43. The van der Waals surface area contributed by atoms with E-state index in [0.29, 0.717) is 22.4 Å². The molecule has 1 N–H and O–H groups in total. The van der Waals surface area contributed by atoms with Crippen molar-refractivity contribution in [1.29, 1.82) is 0 Å². The van der Waals surface area contributed by atoms with Crippen molar-refractivity contribution in [2.75, 3.05) is 5.32 Å². The summed E-state index contributed by atoms with van der Waals surface area (Å²) in [4.78, 5) is 25.7. The van der Waals surface area contributed by atoms with Crippen LogP contribution in [-0.4, -0.2) is 16.1 Å². The third kappa shape index (κ3) is 3.18. The van der Waals surface area contributed by atoms with Crippen LogP contribution in [0.25, 0.3) is 21.3 Å². The first-order chi connectivity index (χ1) is 13.7. The van der Waals surface area contributed by atoms with Gasteiger partial charge in [-0.25, -0.2) is 0 Å². The van der Waals surface area contributed by atoms with Crippen LogP contribution >= 0.6 is 11.5 Å². The summed E-state index contributed by atoms with van der Waals surface area (Å²) in [5.74, 6) is -0.320. The minimum atomic E-state index is -0.238. The maximum absolute atomic E-state index is 13.2. The Labute approximate surface area is 168 Å². The maximum Gasteiger partial charge on any atom is 0.255 e. The Balaban J connectivity index is 0.00000109. The van der Waals surface area contributed by atoms with E-state index >= 15 is 0 Å². The lowest BCUT2D eigenvalue weighted by Crippen LogP contribution is -2.18. The zero-order chi connectivity index (χ0) is 20.3. The molecule has 1 aliphatic carbocycles. The van der Waals surface area contributed by atoms with E-state index in [0.717, 1.165) is 21.3 Å². The number of hydrogen-bond acceptors (Lipinski definition) is 4. The quantitative estimate of drug-likeness (QED) is 0.345. The zero-order valence-electron chi connectivity index (χ0n) is 16.4. The van der Waals surface area contributed by atoms with Crippen LogP contribution in [0, 0.1) is 0 Å². The Hall–Kier alpha value is -3.05. The Morgan fingerprint density at radius 1 is 1.07 bits per heavy atom. The number of amides is 1. The van der Waals surface area contributed by atoms with Crippen LogP contribution in [0.5, 0.6) is 0 Å². The molecule has 2 aromatic carbocycles. The molecule has 1 amide bonds. The fourth-order valence-corrected chi connectivity index (χ4v) is 4.06. The van der Waals surface area contributed by atoms with Gasteiger partial charge in [-0.3, -0.25) is 9.59 Å². The number of carbonyl (C=O) groups is 2. The van der Waals surface area contributed by atoms with Crippen LogP contribution in [0.3, 0.4) is 0 Å². The minimum absolute atomic E-state index is 0.0812. The predicted octanol–water partition coefficient (Wildman–Crippen LogP) is 5.99. The van der Waals surface area contributed by atoms with Crippen LogP contribution in [0.1, 0.15) is 43.6 Å². The molecule has 0 unspecified atom stereocenters. The lowest BCUT2D eigenvalue weighted by molar-refractivity contribution is -0.112. The number of fused-ring (bicyclic) bond motifs is 2. The molecule has 0 radical (unpaired) electrons. The highest BCUT2D eigenvalue weighted by molar-refractivity contribution is 7.13. The number of carbonyl (C=O) groups excluding carboxylic acids is 2. The second kappa shape index (κ2) is 8.31. The summed E-state index contributed by atoms with van der Waals surface area (Å²) in [7, 11) is 0. The molecule has 1 heterocycles. The van der Waals surface area contributed by atoms with Gasteiger partial charge in [-0.2, -0.15) is 4.37 Å². The smallest absolute Gasteiger partial charge is 0.255 e. The average molecular weight is 391 g/mol. The molecule has 0 aliphatic heterocycles. The van der Waals surface area contributed by atoms with Gasteiger partial charge >= 0.3 is 0 Å². The van der Waals surface area contributed by atoms with Gasteiger partial charge in [-0.1, -0.05) is 56.3 Å². The van der Waals surface area contributed by atoms with Gasteiger partial charge in [0.1, 0.15) is 0 Å². The molecule has 4 nitrogen and oxygen atoms in total. The molecular formula is C23H22N2O2S. The number of nitrogens with one attached hydrogen (secondary N) is 1. The van der Waals surface area contributed by atoms with E-state index in [-0.39, 0.29) is 11.7 Å². The summed E-state index contributed by atoms with van der Waals surface area (Å²) < 4.78 is 5.50. The summed E-state index contributed by atoms with van der Waals surface area (Å²) >= 11 is 1.37. The highest BCUT2D eigenvalue weighted by atomic mass is 32.1. The summed E-state index contributed by atoms with van der Waals surface area (Å²) in [6, 6.07) is 11.2. The second-order valence-electron chi connectivity index (χ2n) is 5.97. The maximum atomic E-state index is 13.2. The molecule has 1 aromatic heterocycles. The zero-order valence-corrected chi connectivity index (χ0v) is 17.2. The number of nitrogens with zero attached hydrogens (tertiary/aromatic N) is 1. The van der Waals surface area contributed by atoms with E-state index < -0.39 is 0 Å². The molecule has 28 heavy (non-hydrogen) atoms. The van der Waals surface area contributed by atoms with Crippen molar-refractivity contribution in [2.45, 2.75) is 27.7 Å². The Kier molecular flexibility index (Phi) is 5.85. The van der Waals surface area contributed by atoms with Crippen LogP contribution in [-0.2, 0) is 4.79 Å². The minimum Gasteiger partial charge on any atom is -0.321 e. The molecule has 0 saturated carbocycles. The molecule has 142 valence electrons. The van der Waals surface area contributed by atoms with Crippen molar-refractivity contribution in [1.82, 2.24) is 4.37 Å². The van der Waals surface area contributed by atoms with E-state index in [1.807, 2.05) is 64.1 Å². The third-order valence-corrected chi connectivity index (χ3v) is 5.27. The first kappa shape index (κ1) is 19.7. The number of anilines is 1. The number of benzene rings is 2. The highest BCUT2D eigenvalue weighted by Gasteiger charge is 2.30. The largest absolute Gasteiger partial charge is 0.321 e. The van der Waals surface area contributed by atoms with E-state index in [1.165, 1.54) is 11.5 Å². The fraction of sp³-hybridized carbons (Fsp3) is 0.174. The molecular weight excluding hydrogens is 368 g/mol. The monoisotopic (exact) mass is 390 g/mol. The molecule has 0 spiro atoms. The SMILES string of the molecule is C/C=C\C(=C/C)C(=O)Nc1ccc2snc3c2c1C(=O)c1ccccc1-3.CC. The molecule has 0 bridgehead atoms. The van der Waals surface area contributed by atoms with Crippen molar-refractivity contribution < 1.29 is 9.59 Å². The molecule has 0 fully saturated rings. The number of aromatic nitrogens is 1. The standard InChI is InChI=1S/C21H16N2O2S.C2H6/c1-3-7-12(4-2)21(25)22-15-10-11-16-18-17(15)20(24)14-9-6-5-8-13(14)19(18)23-26-16;1-2/h3-11H,1-2H3,(H,22,25);1-2H3/b7-3-,12-4+;. The van der Waals surface area contributed by atoms with Gasteiger partial charge < -0.3 is 5.32 Å². The molecule has 1 aliphatic rings. The first-order valence-electron chi connectivity index (χ1n) is 9.32. The van der Waals surface area contributed by atoms with Gasteiger partial charge in [0.2, 0.25) is 0 Å². The number of hydrogen-bond donors (Lipinski definition) is 1. The lowest BCUT2D eigenvalue weighted by atomic mass is 9.86.